The van der Waals surface area contributed by atoms with Crippen molar-refractivity contribution in [2.45, 2.75) is 6.92 Å². The second-order valence-corrected chi connectivity index (χ2v) is 7.89. The number of amides is 2. The summed E-state index contributed by atoms with van der Waals surface area (Å²) < 4.78 is 35.2. The van der Waals surface area contributed by atoms with Crippen LogP contribution in [0.15, 0.2) is 36.5 Å². The number of nitrogens with zero attached hydrogens (tertiary/aromatic N) is 4. The minimum atomic E-state index is -1.26. The van der Waals surface area contributed by atoms with E-state index in [4.69, 9.17) is 32.2 Å². The number of hydrogen-bond donors (Lipinski definition) is 2. The van der Waals surface area contributed by atoms with Gasteiger partial charge in [-0.3, -0.25) is 14.4 Å². The monoisotopic (exact) mass is 532 g/mol. The van der Waals surface area contributed by atoms with Crippen molar-refractivity contribution < 1.29 is 27.9 Å². The lowest BCUT2D eigenvalue weighted by Gasteiger charge is -2.20. The molecule has 0 spiro atoms. The summed E-state index contributed by atoms with van der Waals surface area (Å²) in [6, 6.07) is 8.43. The van der Waals surface area contributed by atoms with Crippen LogP contribution in [0.25, 0.3) is 11.3 Å². The van der Waals surface area contributed by atoms with Gasteiger partial charge < -0.3 is 20.4 Å². The summed E-state index contributed by atoms with van der Waals surface area (Å²) in [5.41, 5.74) is 5.83. The first-order valence-corrected chi connectivity index (χ1v) is 11.4. The Bertz CT molecular complexity index is 1360. The van der Waals surface area contributed by atoms with Crippen LogP contribution in [0.1, 0.15) is 27.9 Å². The van der Waals surface area contributed by atoms with Crippen LogP contribution in [-0.2, 0) is 11.9 Å². The van der Waals surface area contributed by atoms with Crippen LogP contribution in [0.3, 0.4) is 0 Å². The zero-order valence-corrected chi connectivity index (χ0v) is 20.7. The predicted molar refractivity (Wildman–Crippen MR) is 131 cm³/mol. The summed E-state index contributed by atoms with van der Waals surface area (Å²) in [5, 5.41) is 12.4. The van der Waals surface area contributed by atoms with Crippen LogP contribution in [-0.4, -0.2) is 52.7 Å². The quantitative estimate of drug-likeness (QED) is 0.381. The minimum Gasteiger partial charge on any atom is -0.476 e. The average molecular weight is 533 g/mol. The van der Waals surface area contributed by atoms with Gasteiger partial charge in [0.05, 0.1) is 29.1 Å². The maximum Gasteiger partial charge on any atom is 0.291 e. The fraction of sp³-hybridized carbons (Fsp3) is 0.250. The number of hydroxylamine groups is 2. The smallest absolute Gasteiger partial charge is 0.291 e. The maximum absolute atomic E-state index is 14.7. The highest BCUT2D eigenvalue weighted by Gasteiger charge is 2.23. The number of carbonyl (C=O) groups is 2. The summed E-state index contributed by atoms with van der Waals surface area (Å²) >= 11 is 6.28. The third kappa shape index (κ3) is 6.03. The molecule has 3 aromatic rings. The number of benzene rings is 2. The Morgan fingerprint density at radius 2 is 2.03 bits per heavy atom. The number of nitriles is 1. The minimum absolute atomic E-state index is 0.0781. The molecule has 1 heterocycles. The van der Waals surface area contributed by atoms with E-state index in [1.54, 1.807) is 13.0 Å². The first kappa shape index (κ1) is 27.5. The van der Waals surface area contributed by atoms with E-state index in [0.717, 1.165) is 5.06 Å². The van der Waals surface area contributed by atoms with Crippen LogP contribution in [0.5, 0.6) is 5.75 Å². The molecule has 0 saturated heterocycles. The molecule has 2 aromatic carbocycles. The molecule has 0 unspecified atom stereocenters. The number of hydrogen-bond acceptors (Lipinski definition) is 7. The Hall–Kier alpha value is -4.05. The van der Waals surface area contributed by atoms with Crippen molar-refractivity contribution in [3.05, 3.63) is 64.6 Å². The molecule has 13 heteroatoms. The van der Waals surface area contributed by atoms with Crippen molar-refractivity contribution in [2.75, 3.05) is 31.6 Å². The van der Waals surface area contributed by atoms with Gasteiger partial charge in [-0.2, -0.15) is 9.65 Å². The molecule has 2 amide bonds. The van der Waals surface area contributed by atoms with Gasteiger partial charge in [0.25, 0.3) is 11.8 Å². The van der Waals surface area contributed by atoms with Crippen molar-refractivity contribution in [3.8, 4) is 23.1 Å². The summed E-state index contributed by atoms with van der Waals surface area (Å²) in [4.78, 5) is 34.8. The molecule has 0 bridgehead atoms. The van der Waals surface area contributed by atoms with Crippen molar-refractivity contribution in [2.24, 2.45) is 12.8 Å². The van der Waals surface area contributed by atoms with Crippen LogP contribution in [0, 0.1) is 23.0 Å². The van der Waals surface area contributed by atoms with Gasteiger partial charge in [-0.1, -0.05) is 11.6 Å². The molecule has 10 nitrogen and oxygen atoms in total. The van der Waals surface area contributed by atoms with E-state index in [2.05, 4.69) is 10.3 Å². The number of anilines is 1. The van der Waals surface area contributed by atoms with E-state index >= 15 is 0 Å². The first-order valence-electron chi connectivity index (χ1n) is 11.0. The van der Waals surface area contributed by atoms with Crippen LogP contribution < -0.4 is 15.8 Å². The third-order valence-electron chi connectivity index (χ3n) is 5.14. The molecule has 0 saturated carbocycles. The van der Waals surface area contributed by atoms with Gasteiger partial charge in [-0.15, -0.1) is 0 Å². The summed E-state index contributed by atoms with van der Waals surface area (Å²) in [7, 11) is 1.46. The van der Waals surface area contributed by atoms with E-state index < -0.39 is 35.8 Å². The zero-order valence-electron chi connectivity index (χ0n) is 19.9. The van der Waals surface area contributed by atoms with Crippen LogP contribution in [0.4, 0.5) is 14.5 Å². The number of halogens is 3. The second-order valence-electron chi connectivity index (χ2n) is 7.48. The number of aromatic nitrogens is 2. The van der Waals surface area contributed by atoms with Gasteiger partial charge in [-0.25, -0.2) is 14.4 Å². The van der Waals surface area contributed by atoms with E-state index in [0.29, 0.717) is 0 Å². The lowest BCUT2D eigenvalue weighted by atomic mass is 10.1. The summed E-state index contributed by atoms with van der Waals surface area (Å²) in [6.45, 7) is 1.96. The molecule has 0 aliphatic heterocycles. The van der Waals surface area contributed by atoms with Crippen LogP contribution >= 0.6 is 11.6 Å². The number of imidazole rings is 1. The Kier molecular flexibility index (Phi) is 9.13. The zero-order chi connectivity index (χ0) is 27.1. The SMILES string of the molecule is CCN(OCCN)C(=O)c1ccc(NC(=O)c2ncc(-c3ccc(OCC#N)c(F)c3F)n2C)cc1Cl. The highest BCUT2D eigenvalue weighted by molar-refractivity contribution is 6.34. The largest absolute Gasteiger partial charge is 0.476 e. The molecule has 3 rings (SSSR count). The standard InChI is InChI=1S/C24H23ClF2N6O4/c1-3-33(37-11-9-29)24(35)15-5-4-14(12-17(15)25)31-23(34)22-30-13-18(32(22)2)16-6-7-19(36-10-8-28)21(27)20(16)26/h4-7,12-13H,3,9-11,29H2,1-2H3,(H,31,34). The maximum atomic E-state index is 14.7. The Labute approximate surface area is 216 Å². The second kappa shape index (κ2) is 12.3. The lowest BCUT2D eigenvalue weighted by Crippen LogP contribution is -2.33. The highest BCUT2D eigenvalue weighted by atomic mass is 35.5. The number of carbonyl (C=O) groups excluding carboxylic acids is 2. The molecular formula is C24H23ClF2N6O4. The van der Waals surface area contributed by atoms with Crippen LogP contribution in [0.2, 0.25) is 5.02 Å². The Morgan fingerprint density at radius 3 is 2.68 bits per heavy atom. The van der Waals surface area contributed by atoms with Gasteiger partial charge in [0.15, 0.2) is 24.0 Å². The molecular weight excluding hydrogens is 510 g/mol. The fourth-order valence-corrected chi connectivity index (χ4v) is 3.63. The average Bonchev–Trinajstić information content (AvgIpc) is 3.26. The Morgan fingerprint density at radius 1 is 1.27 bits per heavy atom. The summed E-state index contributed by atoms with van der Waals surface area (Å²) in [6.07, 6.45) is 1.22. The van der Waals surface area contributed by atoms with Gasteiger partial charge in [0.2, 0.25) is 5.82 Å². The number of nitrogens with one attached hydrogen (secondary N) is 1. The van der Waals surface area contributed by atoms with E-state index in [1.165, 1.54) is 48.1 Å². The molecule has 0 atom stereocenters. The van der Waals surface area contributed by atoms with Gasteiger partial charge >= 0.3 is 0 Å². The molecule has 0 aliphatic rings. The molecule has 0 radical (unpaired) electrons. The number of rotatable bonds is 10. The highest BCUT2D eigenvalue weighted by Crippen LogP contribution is 2.30. The molecule has 3 N–H and O–H groups in total. The topological polar surface area (TPSA) is 136 Å². The van der Waals surface area contributed by atoms with Gasteiger partial charge in [0.1, 0.15) is 6.07 Å². The van der Waals surface area contributed by atoms with E-state index in [1.807, 2.05) is 0 Å². The molecule has 1 aromatic heterocycles. The van der Waals surface area contributed by atoms with E-state index in [9.17, 15) is 18.4 Å². The lowest BCUT2D eigenvalue weighted by molar-refractivity contribution is -0.117. The van der Waals surface area contributed by atoms with Gasteiger partial charge in [-0.05, 0) is 37.3 Å². The Balaban J connectivity index is 1.79. The van der Waals surface area contributed by atoms with Crippen molar-refractivity contribution >= 4 is 29.1 Å². The fourth-order valence-electron chi connectivity index (χ4n) is 3.37. The third-order valence-corrected chi connectivity index (χ3v) is 5.46. The van der Waals surface area contributed by atoms with E-state index in [-0.39, 0.29) is 53.1 Å². The molecule has 0 fully saturated rings. The van der Waals surface area contributed by atoms with Crippen molar-refractivity contribution in [1.29, 1.82) is 5.26 Å². The van der Waals surface area contributed by atoms with Crippen molar-refractivity contribution in [3.63, 3.8) is 0 Å². The number of ether oxygens (including phenoxy) is 1. The van der Waals surface area contributed by atoms with Crippen molar-refractivity contribution in [1.82, 2.24) is 14.6 Å². The molecule has 194 valence electrons. The number of nitrogens with two attached hydrogens (primary N) is 1. The van der Waals surface area contributed by atoms with Gasteiger partial charge in [0, 0.05) is 31.4 Å². The molecule has 0 aliphatic carbocycles. The molecule has 37 heavy (non-hydrogen) atoms. The predicted octanol–water partition coefficient (Wildman–Crippen LogP) is 3.53. The summed E-state index contributed by atoms with van der Waals surface area (Å²) in [5.74, 6) is -4.10. The normalized spacial score (nSPS) is 10.6. The first-order chi connectivity index (χ1) is 17.7.